The third kappa shape index (κ3) is 5.21. The van der Waals surface area contributed by atoms with Gasteiger partial charge < -0.3 is 14.8 Å². The van der Waals surface area contributed by atoms with Gasteiger partial charge in [0.25, 0.3) is 0 Å². The first-order valence-corrected chi connectivity index (χ1v) is 15.4. The smallest absolute Gasteiger partial charge is 0.308 e. The van der Waals surface area contributed by atoms with E-state index in [2.05, 4.69) is 5.32 Å². The van der Waals surface area contributed by atoms with E-state index in [1.807, 2.05) is 31.2 Å². The number of anilines is 2. The highest BCUT2D eigenvalue weighted by Crippen LogP contribution is 2.54. The Hall–Kier alpha value is -4.06. The van der Waals surface area contributed by atoms with E-state index >= 15 is 0 Å². The predicted octanol–water partition coefficient (Wildman–Crippen LogP) is 5.32. The normalized spacial score (nSPS) is 19.2. The van der Waals surface area contributed by atoms with Crippen molar-refractivity contribution in [3.63, 3.8) is 0 Å². The third-order valence-corrected chi connectivity index (χ3v) is 10.4. The summed E-state index contributed by atoms with van der Waals surface area (Å²) in [7, 11) is 3.04. The van der Waals surface area contributed by atoms with Gasteiger partial charge in [-0.05, 0) is 66.6 Å². The van der Waals surface area contributed by atoms with E-state index in [9.17, 15) is 19.2 Å². The minimum Gasteiger partial charge on any atom is -0.493 e. The maximum absolute atomic E-state index is 14.1. The number of thioether (sulfide) groups is 1. The van der Waals surface area contributed by atoms with Crippen LogP contribution >= 0.6 is 34.7 Å². The van der Waals surface area contributed by atoms with E-state index in [0.29, 0.717) is 43.4 Å². The quantitative estimate of drug-likeness (QED) is 0.274. The van der Waals surface area contributed by atoms with Crippen molar-refractivity contribution in [2.75, 3.05) is 24.4 Å². The summed E-state index contributed by atoms with van der Waals surface area (Å²) < 4.78 is 12.3. The average molecular weight is 636 g/mol. The van der Waals surface area contributed by atoms with Crippen molar-refractivity contribution in [3.05, 3.63) is 97.4 Å². The van der Waals surface area contributed by atoms with E-state index in [0.717, 1.165) is 28.7 Å². The molecule has 12 heteroatoms. The average Bonchev–Trinajstić information content (AvgIpc) is 3.43. The molecule has 220 valence electrons. The van der Waals surface area contributed by atoms with Gasteiger partial charge in [0, 0.05) is 21.5 Å². The number of carbonyl (C=O) groups is 3. The molecule has 43 heavy (non-hydrogen) atoms. The van der Waals surface area contributed by atoms with E-state index < -0.39 is 23.0 Å². The highest BCUT2D eigenvalue weighted by atomic mass is 35.5. The van der Waals surface area contributed by atoms with Crippen LogP contribution in [0.4, 0.5) is 11.4 Å². The molecule has 2 aliphatic rings. The summed E-state index contributed by atoms with van der Waals surface area (Å²) in [6.07, 6.45) is 0. The number of aromatic nitrogens is 1. The van der Waals surface area contributed by atoms with Crippen LogP contribution in [0.3, 0.4) is 0 Å². The van der Waals surface area contributed by atoms with Crippen molar-refractivity contribution in [1.29, 1.82) is 0 Å². The molecule has 9 nitrogen and oxygen atoms in total. The van der Waals surface area contributed by atoms with Crippen molar-refractivity contribution in [3.8, 4) is 11.5 Å². The summed E-state index contributed by atoms with van der Waals surface area (Å²) in [5, 5.41) is 3.00. The monoisotopic (exact) mass is 635 g/mol. The third-order valence-electron chi connectivity index (χ3n) is 7.50. The zero-order chi connectivity index (χ0) is 30.4. The van der Waals surface area contributed by atoms with E-state index in [4.69, 9.17) is 21.1 Å². The van der Waals surface area contributed by atoms with Gasteiger partial charge in [-0.15, -0.1) is 0 Å². The number of fused-ring (bicyclic) bond motifs is 2. The van der Waals surface area contributed by atoms with Crippen LogP contribution in [0, 0.1) is 12.8 Å². The molecule has 3 atom stereocenters. The summed E-state index contributed by atoms with van der Waals surface area (Å²) in [4.78, 5) is 55.9. The number of nitrogens with zero attached hydrogens (tertiary/aromatic N) is 2. The molecule has 4 aromatic rings. The molecule has 3 amide bonds. The van der Waals surface area contributed by atoms with Gasteiger partial charge in [0.05, 0.1) is 30.9 Å². The Morgan fingerprint density at radius 2 is 1.70 bits per heavy atom. The minimum absolute atomic E-state index is 0.245. The van der Waals surface area contributed by atoms with Crippen LogP contribution in [0.2, 0.25) is 5.02 Å². The lowest BCUT2D eigenvalue weighted by Gasteiger charge is -2.31. The maximum atomic E-state index is 14.1. The Morgan fingerprint density at radius 1 is 0.953 bits per heavy atom. The van der Waals surface area contributed by atoms with E-state index in [-0.39, 0.29) is 23.2 Å². The number of hydrogen-bond acceptors (Lipinski definition) is 8. The Labute approximate surface area is 260 Å². The maximum Gasteiger partial charge on any atom is 0.308 e. The number of methoxy groups -OCH3 is 2. The number of carbonyl (C=O) groups excluding carboxylic acids is 3. The van der Waals surface area contributed by atoms with Gasteiger partial charge in [-0.2, -0.15) is 0 Å². The van der Waals surface area contributed by atoms with Crippen molar-refractivity contribution in [1.82, 2.24) is 4.57 Å². The molecule has 1 aromatic heterocycles. The molecule has 6 rings (SSSR count). The molecule has 2 aliphatic heterocycles. The lowest BCUT2D eigenvalue weighted by Crippen LogP contribution is -2.33. The summed E-state index contributed by atoms with van der Waals surface area (Å²) in [5.74, 6) is -1.64. The molecule has 3 unspecified atom stereocenters. The summed E-state index contributed by atoms with van der Waals surface area (Å²) >= 11 is 8.20. The fraction of sp³-hybridized carbons (Fsp3) is 0.226. The lowest BCUT2D eigenvalue weighted by atomic mass is 9.83. The van der Waals surface area contributed by atoms with E-state index in [1.165, 1.54) is 23.7 Å². The molecule has 0 bridgehead atoms. The standard InChI is InChI=1S/C31H26ClN3O6S2/c1-16-5-4-6-19(13-16)33-23(36)15-34-30-27(43-31(34)39)24(17-7-12-21(40-2)22(14-17)41-3)25-26(42-30)29(38)35(28(25)37)20-10-8-18(32)9-11-20/h4-14,24-26H,15H2,1-3H3,(H,33,36). The van der Waals surface area contributed by atoms with Gasteiger partial charge in [-0.1, -0.05) is 52.9 Å². The van der Waals surface area contributed by atoms with Gasteiger partial charge in [0.15, 0.2) is 11.5 Å². The number of ether oxygens (including phenoxy) is 2. The number of hydrogen-bond donors (Lipinski definition) is 1. The van der Waals surface area contributed by atoms with E-state index in [1.54, 1.807) is 42.5 Å². The molecule has 1 fully saturated rings. The summed E-state index contributed by atoms with van der Waals surface area (Å²) in [6.45, 7) is 1.68. The number of rotatable bonds is 7. The molecule has 0 aliphatic carbocycles. The predicted molar refractivity (Wildman–Crippen MR) is 167 cm³/mol. The second kappa shape index (κ2) is 11.6. The minimum atomic E-state index is -0.825. The Kier molecular flexibility index (Phi) is 7.80. The van der Waals surface area contributed by atoms with Crippen LogP contribution in [0.15, 0.2) is 76.6 Å². The fourth-order valence-corrected chi connectivity index (χ4v) is 8.47. The van der Waals surface area contributed by atoms with Gasteiger partial charge in [0.2, 0.25) is 17.7 Å². The van der Waals surface area contributed by atoms with Crippen LogP contribution in [0.25, 0.3) is 0 Å². The zero-order valence-electron chi connectivity index (χ0n) is 23.3. The van der Waals surface area contributed by atoms with Crippen LogP contribution in [0.5, 0.6) is 11.5 Å². The summed E-state index contributed by atoms with van der Waals surface area (Å²) in [6, 6.07) is 19.2. The van der Waals surface area contributed by atoms with Crippen molar-refractivity contribution < 1.29 is 23.9 Å². The topological polar surface area (TPSA) is 107 Å². The van der Waals surface area contributed by atoms with Crippen molar-refractivity contribution in [2.24, 2.45) is 5.92 Å². The number of nitrogens with one attached hydrogen (secondary N) is 1. The SMILES string of the molecule is COc1ccc(C2c3sc(=O)n(CC(=O)Nc4cccc(C)c4)c3SC3C(=O)N(c4ccc(Cl)cc4)C(=O)C32)cc1OC. The molecule has 0 spiro atoms. The molecule has 1 saturated heterocycles. The molecular formula is C31H26ClN3O6S2. The first-order valence-electron chi connectivity index (χ1n) is 13.3. The molecule has 0 saturated carbocycles. The van der Waals surface area contributed by atoms with Crippen LogP contribution in [0.1, 0.15) is 21.9 Å². The second-order valence-electron chi connectivity index (χ2n) is 10.2. The first-order chi connectivity index (χ1) is 20.7. The van der Waals surface area contributed by atoms with Crippen LogP contribution in [-0.4, -0.2) is 41.8 Å². The van der Waals surface area contributed by atoms with Crippen LogP contribution < -0.4 is 24.6 Å². The number of benzene rings is 3. The van der Waals surface area contributed by atoms with Crippen LogP contribution in [-0.2, 0) is 20.9 Å². The van der Waals surface area contributed by atoms with Gasteiger partial charge >= 0.3 is 4.87 Å². The zero-order valence-corrected chi connectivity index (χ0v) is 25.7. The Balaban J connectivity index is 1.44. The number of thiazole rings is 1. The number of imide groups is 1. The molecule has 3 heterocycles. The first kappa shape index (κ1) is 29.0. The number of halogens is 1. The largest absolute Gasteiger partial charge is 0.493 e. The fourth-order valence-electron chi connectivity index (χ4n) is 5.57. The Bertz CT molecular complexity index is 1820. The lowest BCUT2D eigenvalue weighted by molar-refractivity contribution is -0.122. The number of aryl methyl sites for hydroxylation is 1. The Morgan fingerprint density at radius 3 is 2.40 bits per heavy atom. The summed E-state index contributed by atoms with van der Waals surface area (Å²) in [5.41, 5.74) is 2.70. The highest BCUT2D eigenvalue weighted by molar-refractivity contribution is 8.00. The van der Waals surface area contributed by atoms with Crippen molar-refractivity contribution >= 4 is 63.8 Å². The second-order valence-corrected chi connectivity index (χ2v) is 12.7. The van der Waals surface area contributed by atoms with Gasteiger partial charge in [0.1, 0.15) is 11.8 Å². The molecule has 1 N–H and O–H groups in total. The number of amides is 3. The van der Waals surface area contributed by atoms with Gasteiger partial charge in [-0.3, -0.25) is 23.7 Å². The van der Waals surface area contributed by atoms with Gasteiger partial charge in [-0.25, -0.2) is 4.90 Å². The molecule has 0 radical (unpaired) electrons. The highest BCUT2D eigenvalue weighted by Gasteiger charge is 2.57. The molecule has 3 aromatic carbocycles. The van der Waals surface area contributed by atoms with Crippen molar-refractivity contribution in [2.45, 2.75) is 29.7 Å². The molecular weight excluding hydrogens is 610 g/mol.